The Kier molecular flexibility index (Phi) is 6.21. The van der Waals surface area contributed by atoms with Gasteiger partial charge in [-0.2, -0.15) is 5.26 Å². The van der Waals surface area contributed by atoms with Gasteiger partial charge in [0.1, 0.15) is 17.9 Å². The molecule has 31 heavy (non-hydrogen) atoms. The predicted molar refractivity (Wildman–Crippen MR) is 118 cm³/mol. The summed E-state index contributed by atoms with van der Waals surface area (Å²) in [5.41, 5.74) is 4.83. The van der Waals surface area contributed by atoms with Crippen LogP contribution in [0.4, 0.5) is 10.5 Å². The number of fused-ring (bicyclic) bond motifs is 1. The minimum absolute atomic E-state index is 0.127. The normalized spacial score (nSPS) is 18.3. The van der Waals surface area contributed by atoms with Gasteiger partial charge >= 0.3 is 6.09 Å². The van der Waals surface area contributed by atoms with Crippen molar-refractivity contribution in [1.29, 1.82) is 5.26 Å². The Hall–Kier alpha value is -3.34. The first-order chi connectivity index (χ1) is 15.1. The number of likely N-dealkylation sites (N-methyl/N-ethyl adjacent to an activating group) is 1. The van der Waals surface area contributed by atoms with Crippen molar-refractivity contribution in [3.8, 4) is 11.8 Å². The van der Waals surface area contributed by atoms with Gasteiger partial charge in [0.05, 0.1) is 31.9 Å². The summed E-state index contributed by atoms with van der Waals surface area (Å²) in [7, 11) is 3.49. The molecule has 1 aliphatic heterocycles. The van der Waals surface area contributed by atoms with Crippen LogP contribution in [0.5, 0.6) is 5.75 Å². The van der Waals surface area contributed by atoms with Crippen molar-refractivity contribution >= 4 is 22.9 Å². The first kappa shape index (κ1) is 20.9. The smallest absolute Gasteiger partial charge is 0.411 e. The molecule has 0 bridgehead atoms. The molecule has 1 unspecified atom stereocenters. The summed E-state index contributed by atoms with van der Waals surface area (Å²) in [5, 5.41) is 16.0. The Morgan fingerprint density at radius 1 is 1.19 bits per heavy atom. The topological polar surface area (TPSA) is 92.6 Å². The molecule has 1 atom stereocenters. The number of methoxy groups -OCH3 is 1. The van der Waals surface area contributed by atoms with Gasteiger partial charge in [-0.05, 0) is 59.6 Å². The second-order valence-electron chi connectivity index (χ2n) is 7.50. The number of hydrogen-bond acceptors (Lipinski definition) is 6. The van der Waals surface area contributed by atoms with Crippen LogP contribution in [0.2, 0.25) is 0 Å². The number of ether oxygens (including phenoxy) is 3. The average Bonchev–Trinajstić information content (AvgIpc) is 3.12. The maximum atomic E-state index is 12.3. The molecule has 0 radical (unpaired) electrons. The van der Waals surface area contributed by atoms with Gasteiger partial charge < -0.3 is 19.5 Å². The Morgan fingerprint density at radius 2 is 2.00 bits per heavy atom. The number of nitrogens with one attached hydrogen (secondary N) is 2. The van der Waals surface area contributed by atoms with Crippen LogP contribution in [-0.4, -0.2) is 39.6 Å². The molecule has 160 valence electrons. The number of benzene rings is 2. The maximum Gasteiger partial charge on any atom is 0.411 e. The summed E-state index contributed by atoms with van der Waals surface area (Å²) in [6.07, 6.45) is 0.801. The molecule has 1 aliphatic carbocycles. The van der Waals surface area contributed by atoms with Crippen LogP contribution in [0.1, 0.15) is 35.6 Å². The molecule has 4 rings (SSSR count). The van der Waals surface area contributed by atoms with Crippen molar-refractivity contribution < 1.29 is 19.0 Å². The molecule has 1 fully saturated rings. The van der Waals surface area contributed by atoms with E-state index in [-0.39, 0.29) is 12.1 Å². The van der Waals surface area contributed by atoms with E-state index in [1.165, 1.54) is 0 Å². The lowest BCUT2D eigenvalue weighted by Crippen LogP contribution is -2.28. The molecular weight excluding hydrogens is 394 g/mol. The van der Waals surface area contributed by atoms with Crippen LogP contribution >= 0.6 is 0 Å². The monoisotopic (exact) mass is 419 g/mol. The van der Waals surface area contributed by atoms with Crippen molar-refractivity contribution in [3.63, 3.8) is 0 Å². The summed E-state index contributed by atoms with van der Waals surface area (Å²) in [6.45, 7) is 1.21. The number of allylic oxidation sites excluding steroid dienone is 1. The number of nitriles is 1. The average molecular weight is 419 g/mol. The molecule has 7 heteroatoms. The van der Waals surface area contributed by atoms with E-state index < -0.39 is 6.09 Å². The molecular formula is C24H25N3O4. The van der Waals surface area contributed by atoms with Crippen LogP contribution in [0, 0.1) is 11.3 Å². The van der Waals surface area contributed by atoms with Crippen LogP contribution in [0.25, 0.3) is 11.1 Å². The van der Waals surface area contributed by atoms with Crippen molar-refractivity contribution in [2.45, 2.75) is 25.0 Å². The van der Waals surface area contributed by atoms with Crippen molar-refractivity contribution in [3.05, 3.63) is 59.2 Å². The molecule has 0 aromatic heterocycles. The van der Waals surface area contributed by atoms with E-state index in [0.29, 0.717) is 37.3 Å². The Bertz CT molecular complexity index is 1050. The van der Waals surface area contributed by atoms with Crippen molar-refractivity contribution in [2.75, 3.05) is 32.7 Å². The SMILES string of the molecule is CNC1C(c2cccc(NC(=O)OC3CCOCC3)c2)=C(C#N)c2ccc(OC)cc21. The van der Waals surface area contributed by atoms with E-state index in [4.69, 9.17) is 14.2 Å². The van der Waals surface area contributed by atoms with Gasteiger partial charge in [0.15, 0.2) is 0 Å². The van der Waals surface area contributed by atoms with Crippen LogP contribution in [0.3, 0.4) is 0 Å². The van der Waals surface area contributed by atoms with Crippen LogP contribution in [0.15, 0.2) is 42.5 Å². The zero-order valence-corrected chi connectivity index (χ0v) is 17.6. The minimum Gasteiger partial charge on any atom is -0.497 e. The molecule has 0 saturated carbocycles. The van der Waals surface area contributed by atoms with Crippen LogP contribution in [-0.2, 0) is 9.47 Å². The minimum atomic E-state index is -0.483. The molecule has 1 amide bonds. The van der Waals surface area contributed by atoms with Gasteiger partial charge in [0.25, 0.3) is 0 Å². The molecule has 0 spiro atoms. The van der Waals surface area contributed by atoms with E-state index in [9.17, 15) is 10.1 Å². The van der Waals surface area contributed by atoms with Gasteiger partial charge in [0.2, 0.25) is 0 Å². The molecule has 1 heterocycles. The summed E-state index contributed by atoms with van der Waals surface area (Å²) in [4.78, 5) is 12.3. The highest BCUT2D eigenvalue weighted by Crippen LogP contribution is 2.46. The fraction of sp³-hybridized carbons (Fsp3) is 0.333. The number of hydrogen-bond donors (Lipinski definition) is 2. The lowest BCUT2D eigenvalue weighted by Gasteiger charge is -2.22. The molecule has 7 nitrogen and oxygen atoms in total. The van der Waals surface area contributed by atoms with Gasteiger partial charge in [-0.3, -0.25) is 5.32 Å². The largest absolute Gasteiger partial charge is 0.497 e. The predicted octanol–water partition coefficient (Wildman–Crippen LogP) is 4.13. The van der Waals surface area contributed by atoms with E-state index in [1.54, 1.807) is 13.2 Å². The van der Waals surface area contributed by atoms with Crippen molar-refractivity contribution in [1.82, 2.24) is 5.32 Å². The highest BCUT2D eigenvalue weighted by atomic mass is 16.6. The standard InChI is InChI=1S/C24H25N3O4/c1-26-23-20-13-18(29-2)6-7-19(20)21(14-25)22(23)15-4-3-5-16(12-15)27-24(28)31-17-8-10-30-11-9-17/h3-7,12-13,17,23,26H,8-11H2,1-2H3,(H,27,28). The Balaban J connectivity index is 1.60. The zero-order valence-electron chi connectivity index (χ0n) is 17.6. The van der Waals surface area contributed by atoms with E-state index in [0.717, 1.165) is 28.0 Å². The number of rotatable bonds is 5. The van der Waals surface area contributed by atoms with Crippen molar-refractivity contribution in [2.24, 2.45) is 0 Å². The number of amides is 1. The maximum absolute atomic E-state index is 12.3. The quantitative estimate of drug-likeness (QED) is 0.757. The third kappa shape index (κ3) is 4.26. The first-order valence-corrected chi connectivity index (χ1v) is 10.3. The number of nitrogens with zero attached hydrogens (tertiary/aromatic N) is 1. The highest BCUT2D eigenvalue weighted by molar-refractivity contribution is 6.05. The van der Waals surface area contributed by atoms with Gasteiger partial charge in [-0.1, -0.05) is 12.1 Å². The summed E-state index contributed by atoms with van der Waals surface area (Å²) >= 11 is 0. The fourth-order valence-electron chi connectivity index (χ4n) is 4.17. The van der Waals surface area contributed by atoms with E-state index >= 15 is 0 Å². The molecule has 2 aliphatic rings. The first-order valence-electron chi connectivity index (χ1n) is 10.3. The summed E-state index contributed by atoms with van der Waals surface area (Å²) in [6, 6.07) is 15.4. The molecule has 1 saturated heterocycles. The van der Waals surface area contributed by atoms with Crippen LogP contribution < -0.4 is 15.4 Å². The molecule has 2 aromatic carbocycles. The van der Waals surface area contributed by atoms with E-state index in [1.807, 2.05) is 43.4 Å². The Morgan fingerprint density at radius 3 is 2.71 bits per heavy atom. The third-order valence-corrected chi connectivity index (χ3v) is 5.66. The Labute approximate surface area is 181 Å². The van der Waals surface area contributed by atoms with Gasteiger partial charge in [-0.25, -0.2) is 4.79 Å². The fourth-order valence-corrected chi connectivity index (χ4v) is 4.17. The zero-order chi connectivity index (χ0) is 21.8. The lowest BCUT2D eigenvalue weighted by molar-refractivity contribution is 0.00592. The lowest BCUT2D eigenvalue weighted by atomic mass is 9.96. The highest BCUT2D eigenvalue weighted by Gasteiger charge is 2.32. The summed E-state index contributed by atoms with van der Waals surface area (Å²) in [5.74, 6) is 0.740. The summed E-state index contributed by atoms with van der Waals surface area (Å²) < 4.78 is 16.2. The van der Waals surface area contributed by atoms with Gasteiger partial charge in [-0.15, -0.1) is 0 Å². The molecule has 2 N–H and O–H groups in total. The number of carbonyl (C=O) groups excluding carboxylic acids is 1. The number of carbonyl (C=O) groups is 1. The van der Waals surface area contributed by atoms with E-state index in [2.05, 4.69) is 16.7 Å². The third-order valence-electron chi connectivity index (χ3n) is 5.66. The number of anilines is 1. The second-order valence-corrected chi connectivity index (χ2v) is 7.50. The van der Waals surface area contributed by atoms with Gasteiger partial charge in [0, 0.05) is 18.5 Å². The second kappa shape index (κ2) is 9.21. The molecule has 2 aromatic rings.